The Morgan fingerprint density at radius 1 is 1.25 bits per heavy atom. The predicted molar refractivity (Wildman–Crippen MR) is 96.8 cm³/mol. The zero-order valence-electron chi connectivity index (χ0n) is 15.5. The number of ether oxygens (including phenoxy) is 1. The summed E-state index contributed by atoms with van der Waals surface area (Å²) in [5, 5.41) is 4.39. The van der Waals surface area contributed by atoms with E-state index in [4.69, 9.17) is 9.15 Å². The summed E-state index contributed by atoms with van der Waals surface area (Å²) in [6.07, 6.45) is 5.38. The monoisotopic (exact) mass is 386 g/mol. The SMILES string of the molecule is O=C(c1ccco1)N1CC[C@]2(C1)Cn1c(nn(CC3CCC3)c(=O)c1=O)CO2. The molecule has 2 aromatic heterocycles. The molecule has 3 aliphatic rings. The van der Waals surface area contributed by atoms with Crippen LogP contribution in [0.3, 0.4) is 0 Å². The summed E-state index contributed by atoms with van der Waals surface area (Å²) in [6, 6.07) is 3.30. The van der Waals surface area contributed by atoms with Gasteiger partial charge in [0, 0.05) is 13.1 Å². The van der Waals surface area contributed by atoms with Crippen LogP contribution < -0.4 is 11.1 Å². The topological polar surface area (TPSA) is 99.6 Å². The van der Waals surface area contributed by atoms with Crippen molar-refractivity contribution in [1.82, 2.24) is 19.2 Å². The molecule has 5 rings (SSSR count). The van der Waals surface area contributed by atoms with E-state index in [1.54, 1.807) is 17.0 Å². The number of amides is 1. The molecule has 1 amide bonds. The van der Waals surface area contributed by atoms with E-state index < -0.39 is 16.7 Å². The number of carbonyl (C=O) groups is 1. The Labute approximate surface area is 160 Å². The van der Waals surface area contributed by atoms with Crippen molar-refractivity contribution in [2.24, 2.45) is 5.92 Å². The van der Waals surface area contributed by atoms with Crippen molar-refractivity contribution < 1.29 is 13.9 Å². The van der Waals surface area contributed by atoms with Crippen LogP contribution in [0, 0.1) is 5.92 Å². The molecule has 1 aliphatic carbocycles. The van der Waals surface area contributed by atoms with E-state index in [1.165, 1.54) is 21.9 Å². The highest BCUT2D eigenvalue weighted by Gasteiger charge is 2.45. The maximum Gasteiger partial charge on any atom is 0.332 e. The van der Waals surface area contributed by atoms with Gasteiger partial charge in [-0.3, -0.25) is 19.0 Å². The third kappa shape index (κ3) is 2.81. The van der Waals surface area contributed by atoms with Crippen molar-refractivity contribution in [2.75, 3.05) is 13.1 Å². The Bertz CT molecular complexity index is 1020. The maximum absolute atomic E-state index is 12.7. The largest absolute Gasteiger partial charge is 0.459 e. The highest BCUT2D eigenvalue weighted by molar-refractivity contribution is 5.91. The molecule has 9 heteroatoms. The number of furan rings is 1. The number of fused-ring (bicyclic) bond motifs is 1. The van der Waals surface area contributed by atoms with Crippen LogP contribution in [0.25, 0.3) is 0 Å². The second-order valence-electron chi connectivity index (χ2n) is 8.02. The number of aromatic nitrogens is 3. The van der Waals surface area contributed by atoms with Gasteiger partial charge in [0.05, 0.1) is 19.4 Å². The average Bonchev–Trinajstić information content (AvgIpc) is 3.33. The van der Waals surface area contributed by atoms with Crippen LogP contribution in [-0.2, 0) is 24.4 Å². The number of carbonyl (C=O) groups excluding carboxylic acids is 1. The minimum absolute atomic E-state index is 0.156. The van der Waals surface area contributed by atoms with Gasteiger partial charge in [-0.2, -0.15) is 5.10 Å². The molecule has 0 aromatic carbocycles. The zero-order valence-corrected chi connectivity index (χ0v) is 15.5. The summed E-state index contributed by atoms with van der Waals surface area (Å²) in [7, 11) is 0. The van der Waals surface area contributed by atoms with Gasteiger partial charge < -0.3 is 14.1 Å². The quantitative estimate of drug-likeness (QED) is 0.717. The Kier molecular flexibility index (Phi) is 4.01. The molecule has 1 spiro atoms. The van der Waals surface area contributed by atoms with Gasteiger partial charge in [0.15, 0.2) is 11.6 Å². The predicted octanol–water partition coefficient (Wildman–Crippen LogP) is 0.613. The lowest BCUT2D eigenvalue weighted by molar-refractivity contribution is -0.0844. The number of rotatable bonds is 3. The van der Waals surface area contributed by atoms with E-state index in [0.29, 0.717) is 37.8 Å². The minimum Gasteiger partial charge on any atom is -0.459 e. The molecule has 148 valence electrons. The first-order valence-corrected chi connectivity index (χ1v) is 9.72. The first-order valence-electron chi connectivity index (χ1n) is 9.72. The van der Waals surface area contributed by atoms with Crippen molar-refractivity contribution in [3.63, 3.8) is 0 Å². The van der Waals surface area contributed by atoms with Crippen LogP contribution in [0.4, 0.5) is 0 Å². The molecule has 4 heterocycles. The normalized spacial score (nSPS) is 24.4. The van der Waals surface area contributed by atoms with Gasteiger partial charge in [0.25, 0.3) is 5.91 Å². The second-order valence-corrected chi connectivity index (χ2v) is 8.02. The molecule has 0 radical (unpaired) electrons. The van der Waals surface area contributed by atoms with E-state index in [9.17, 15) is 14.4 Å². The second kappa shape index (κ2) is 6.44. The highest BCUT2D eigenvalue weighted by atomic mass is 16.5. The van der Waals surface area contributed by atoms with Gasteiger partial charge in [0.2, 0.25) is 0 Å². The molecule has 2 fully saturated rings. The van der Waals surface area contributed by atoms with E-state index >= 15 is 0 Å². The standard InChI is InChI=1S/C19H22N4O5/c24-16(14-5-2-8-27-14)21-7-6-19(11-21)12-22-15(10-28-19)20-23(18(26)17(22)25)9-13-3-1-4-13/h2,5,8,13H,1,3-4,6-7,9-12H2/t19-/m0/s1. The molecular formula is C19H22N4O5. The van der Waals surface area contributed by atoms with Gasteiger partial charge in [-0.05, 0) is 37.3 Å². The Balaban J connectivity index is 1.38. The molecule has 2 aromatic rings. The lowest BCUT2D eigenvalue weighted by Gasteiger charge is -2.35. The van der Waals surface area contributed by atoms with Crippen molar-refractivity contribution >= 4 is 5.91 Å². The maximum atomic E-state index is 12.7. The van der Waals surface area contributed by atoms with Crippen molar-refractivity contribution in [2.45, 2.75) is 51.0 Å². The van der Waals surface area contributed by atoms with Crippen LogP contribution >= 0.6 is 0 Å². The Morgan fingerprint density at radius 3 is 2.82 bits per heavy atom. The summed E-state index contributed by atoms with van der Waals surface area (Å²) in [5.74, 6) is 0.994. The fourth-order valence-electron chi connectivity index (χ4n) is 4.27. The summed E-state index contributed by atoms with van der Waals surface area (Å²) in [5.41, 5.74) is -1.80. The van der Waals surface area contributed by atoms with Crippen molar-refractivity contribution in [3.05, 3.63) is 50.7 Å². The fourth-order valence-corrected chi connectivity index (χ4v) is 4.27. The Morgan fingerprint density at radius 2 is 2.11 bits per heavy atom. The van der Waals surface area contributed by atoms with Crippen LogP contribution in [0.2, 0.25) is 0 Å². The van der Waals surface area contributed by atoms with E-state index in [2.05, 4.69) is 5.10 Å². The van der Waals surface area contributed by atoms with E-state index in [0.717, 1.165) is 12.8 Å². The van der Waals surface area contributed by atoms with Crippen molar-refractivity contribution in [3.8, 4) is 0 Å². The lowest BCUT2D eigenvalue weighted by atomic mass is 9.85. The molecule has 2 aliphatic heterocycles. The molecule has 0 unspecified atom stereocenters. The molecule has 0 bridgehead atoms. The van der Waals surface area contributed by atoms with E-state index in [-0.39, 0.29) is 24.8 Å². The molecule has 28 heavy (non-hydrogen) atoms. The highest BCUT2D eigenvalue weighted by Crippen LogP contribution is 2.32. The van der Waals surface area contributed by atoms with Crippen LogP contribution in [0.1, 0.15) is 42.1 Å². The van der Waals surface area contributed by atoms with Crippen LogP contribution in [0.5, 0.6) is 0 Å². The van der Waals surface area contributed by atoms with Gasteiger partial charge >= 0.3 is 11.1 Å². The van der Waals surface area contributed by atoms with Gasteiger partial charge in [-0.1, -0.05) is 6.42 Å². The molecule has 1 atom stereocenters. The van der Waals surface area contributed by atoms with E-state index in [1.807, 2.05) is 0 Å². The summed E-state index contributed by atoms with van der Waals surface area (Å²) < 4.78 is 14.0. The fraction of sp³-hybridized carbons (Fsp3) is 0.579. The molecule has 9 nitrogen and oxygen atoms in total. The number of likely N-dealkylation sites (tertiary alicyclic amines) is 1. The lowest BCUT2D eigenvalue weighted by Crippen LogP contribution is -2.53. The third-order valence-corrected chi connectivity index (χ3v) is 6.16. The first kappa shape index (κ1) is 17.4. The van der Waals surface area contributed by atoms with Gasteiger partial charge in [-0.15, -0.1) is 0 Å². The van der Waals surface area contributed by atoms with Crippen molar-refractivity contribution in [1.29, 1.82) is 0 Å². The molecule has 1 saturated heterocycles. The third-order valence-electron chi connectivity index (χ3n) is 6.16. The number of hydrogen-bond acceptors (Lipinski definition) is 6. The summed E-state index contributed by atoms with van der Waals surface area (Å²) in [6.45, 7) is 1.75. The van der Waals surface area contributed by atoms with Crippen LogP contribution in [-0.4, -0.2) is 43.8 Å². The molecule has 0 N–H and O–H groups in total. The van der Waals surface area contributed by atoms with Gasteiger partial charge in [-0.25, -0.2) is 4.68 Å². The smallest absolute Gasteiger partial charge is 0.332 e. The summed E-state index contributed by atoms with van der Waals surface area (Å²) >= 11 is 0. The van der Waals surface area contributed by atoms with Gasteiger partial charge in [0.1, 0.15) is 12.2 Å². The van der Waals surface area contributed by atoms with Crippen LogP contribution in [0.15, 0.2) is 32.4 Å². The molecule has 1 saturated carbocycles. The number of nitrogens with zero attached hydrogens (tertiary/aromatic N) is 4. The number of hydrogen-bond donors (Lipinski definition) is 0. The average molecular weight is 386 g/mol. The minimum atomic E-state index is -0.673. The Hall–Kier alpha value is -2.68. The summed E-state index contributed by atoms with van der Waals surface area (Å²) in [4.78, 5) is 39.4. The zero-order chi connectivity index (χ0) is 19.3. The first-order chi connectivity index (χ1) is 13.5. The molecular weight excluding hydrogens is 364 g/mol.